The lowest BCUT2D eigenvalue weighted by atomic mass is 9.64. The molecule has 4 aromatic carbocycles. The van der Waals surface area contributed by atoms with Gasteiger partial charge in [0.2, 0.25) is 5.91 Å². The number of aryl methyl sites for hydroxylation is 1. The van der Waals surface area contributed by atoms with Crippen LogP contribution in [0.15, 0.2) is 103 Å². The first-order valence-corrected chi connectivity index (χ1v) is 15.3. The summed E-state index contributed by atoms with van der Waals surface area (Å²) in [6.07, 6.45) is 8.11. The summed E-state index contributed by atoms with van der Waals surface area (Å²) in [5.41, 5.74) is 2.91. The molecule has 1 saturated heterocycles. The Hall–Kier alpha value is -4.84. The lowest BCUT2D eigenvalue weighted by molar-refractivity contribution is -0.121. The Morgan fingerprint density at radius 1 is 0.864 bits per heavy atom. The summed E-state index contributed by atoms with van der Waals surface area (Å²) in [5.74, 6) is -2.97. The molecule has 1 fully saturated rings. The number of ketones is 2. The average Bonchev–Trinajstić information content (AvgIpc) is 3.53. The molecule has 0 aliphatic carbocycles. The number of rotatable bonds is 8. The normalized spacial score (nSPS) is 22.8. The average molecular weight is 585 g/mol. The van der Waals surface area contributed by atoms with Crippen LogP contribution >= 0.6 is 0 Å². The third kappa shape index (κ3) is 4.15. The van der Waals surface area contributed by atoms with Crippen LogP contribution in [0.2, 0.25) is 0 Å². The molecule has 0 aromatic heterocycles. The number of anilines is 2. The lowest BCUT2D eigenvalue weighted by Crippen LogP contribution is -2.51. The number of unbranched alkanes of at least 4 members (excludes halogenated alkanes) is 2. The van der Waals surface area contributed by atoms with E-state index in [9.17, 15) is 14.4 Å². The minimum Gasteiger partial charge on any atom is -0.352 e. The third-order valence-electron chi connectivity index (χ3n) is 9.54. The van der Waals surface area contributed by atoms with E-state index in [1.807, 2.05) is 89.8 Å². The number of Topliss-reactive ketones (excluding diaryl/α,β-unsaturated/α-hetero) is 2. The third-order valence-corrected chi connectivity index (χ3v) is 9.54. The predicted molar refractivity (Wildman–Crippen MR) is 171 cm³/mol. The van der Waals surface area contributed by atoms with Crippen molar-refractivity contribution < 1.29 is 18.8 Å². The molecule has 1 N–H and O–H groups in total. The van der Waals surface area contributed by atoms with Gasteiger partial charge in [-0.15, -0.1) is 0 Å². The topological polar surface area (TPSA) is 66.5 Å². The number of carbonyl (C=O) groups is 3. The van der Waals surface area contributed by atoms with Crippen LogP contribution in [0.25, 0.3) is 6.08 Å². The molecule has 0 unspecified atom stereocenters. The quantitative estimate of drug-likeness (QED) is 0.173. The zero-order valence-corrected chi connectivity index (χ0v) is 24.5. The zero-order valence-electron chi connectivity index (χ0n) is 24.5. The first kappa shape index (κ1) is 28.0. The number of hydrogen-bond donors (Lipinski definition) is 1. The fourth-order valence-electron chi connectivity index (χ4n) is 7.53. The Kier molecular flexibility index (Phi) is 7.00. The Balaban J connectivity index is 1.45. The van der Waals surface area contributed by atoms with Gasteiger partial charge in [0.1, 0.15) is 17.3 Å². The minimum absolute atomic E-state index is 0.101. The van der Waals surface area contributed by atoms with Gasteiger partial charge in [-0.2, -0.15) is 0 Å². The molecule has 1 amide bonds. The van der Waals surface area contributed by atoms with Crippen LogP contribution in [0, 0.1) is 11.7 Å². The van der Waals surface area contributed by atoms with E-state index in [0.717, 1.165) is 42.5 Å². The number of fused-ring (bicyclic) bond motifs is 6. The predicted octanol–water partition coefficient (Wildman–Crippen LogP) is 7.41. The highest BCUT2D eigenvalue weighted by Gasteiger charge is 2.70. The number of nitrogens with zero attached hydrogens (tertiary/aromatic N) is 1. The maximum Gasteiger partial charge on any atom is 0.238 e. The molecule has 5 nitrogen and oxygen atoms in total. The van der Waals surface area contributed by atoms with Gasteiger partial charge in [0, 0.05) is 16.9 Å². The van der Waals surface area contributed by atoms with Crippen molar-refractivity contribution in [2.45, 2.75) is 50.1 Å². The summed E-state index contributed by atoms with van der Waals surface area (Å²) in [7, 11) is 0. The van der Waals surface area contributed by atoms with Gasteiger partial charge in [-0.25, -0.2) is 4.39 Å². The molecule has 220 valence electrons. The lowest BCUT2D eigenvalue weighted by Gasteiger charge is -2.37. The van der Waals surface area contributed by atoms with Crippen molar-refractivity contribution in [1.29, 1.82) is 0 Å². The van der Waals surface area contributed by atoms with Gasteiger partial charge < -0.3 is 10.2 Å². The van der Waals surface area contributed by atoms with E-state index in [1.165, 1.54) is 18.2 Å². The van der Waals surface area contributed by atoms with Crippen molar-refractivity contribution in [2.75, 3.05) is 10.2 Å². The summed E-state index contributed by atoms with van der Waals surface area (Å²) in [5, 5.41) is 3.03. The molecule has 0 radical (unpaired) electrons. The van der Waals surface area contributed by atoms with E-state index in [-0.39, 0.29) is 17.3 Å². The molecule has 3 aliphatic heterocycles. The molecule has 44 heavy (non-hydrogen) atoms. The summed E-state index contributed by atoms with van der Waals surface area (Å²) in [6.45, 7) is 2.16. The van der Waals surface area contributed by atoms with E-state index < -0.39 is 35.0 Å². The second kappa shape index (κ2) is 11.0. The highest BCUT2D eigenvalue weighted by Crippen LogP contribution is 2.58. The first-order valence-electron chi connectivity index (χ1n) is 15.3. The van der Waals surface area contributed by atoms with E-state index in [1.54, 1.807) is 6.07 Å². The van der Waals surface area contributed by atoms with E-state index in [4.69, 9.17) is 0 Å². The molecular formula is C38H33FN2O3. The van der Waals surface area contributed by atoms with Crippen LogP contribution in [0.1, 0.15) is 63.6 Å². The second-order valence-electron chi connectivity index (χ2n) is 11.9. The largest absolute Gasteiger partial charge is 0.352 e. The zero-order chi connectivity index (χ0) is 30.4. The molecule has 0 saturated carbocycles. The number of halogens is 1. The summed E-state index contributed by atoms with van der Waals surface area (Å²) in [6, 6.07) is 26.6. The van der Waals surface area contributed by atoms with Crippen LogP contribution in [0.4, 0.5) is 15.8 Å². The highest BCUT2D eigenvalue weighted by atomic mass is 19.1. The van der Waals surface area contributed by atoms with Crippen molar-refractivity contribution in [2.24, 2.45) is 5.92 Å². The minimum atomic E-state index is -1.43. The molecule has 3 heterocycles. The van der Waals surface area contributed by atoms with E-state index in [2.05, 4.69) is 12.2 Å². The fraction of sp³-hybridized carbons (Fsp3) is 0.237. The molecular weight excluding hydrogens is 551 g/mol. The molecule has 7 rings (SSSR count). The standard InChI is InChI=1S/C38H33FN2O3/c1-2-3-4-11-24-18-20-26(21-19-24)35(42)33-34(36(43)27-13-6-8-15-29(27)39)41-31-17-10-5-12-25(31)22-23-32(41)38(33)28-14-7-9-16-30(28)40-37(38)44/h5-10,12-23,32-34H,2-4,11H2,1H3,(H,40,44)/t32-,33+,34-,38+/m1/s1. The van der Waals surface area contributed by atoms with Gasteiger partial charge >= 0.3 is 0 Å². The number of nitrogens with one attached hydrogen (secondary N) is 1. The maximum absolute atomic E-state index is 15.3. The molecule has 3 aliphatic rings. The van der Waals surface area contributed by atoms with Crippen molar-refractivity contribution in [3.8, 4) is 0 Å². The summed E-state index contributed by atoms with van der Waals surface area (Å²) >= 11 is 0. The number of hydrogen-bond acceptors (Lipinski definition) is 4. The van der Waals surface area contributed by atoms with Crippen LogP contribution in [-0.4, -0.2) is 29.6 Å². The van der Waals surface area contributed by atoms with Crippen LogP contribution in [0.3, 0.4) is 0 Å². The first-order chi connectivity index (χ1) is 21.5. The number of benzene rings is 4. The van der Waals surface area contributed by atoms with Crippen molar-refractivity contribution in [1.82, 2.24) is 0 Å². The summed E-state index contributed by atoms with van der Waals surface area (Å²) < 4.78 is 15.3. The number of para-hydroxylation sites is 2. The van der Waals surface area contributed by atoms with Gasteiger partial charge in [0.15, 0.2) is 11.6 Å². The molecule has 0 bridgehead atoms. The number of carbonyl (C=O) groups excluding carboxylic acids is 3. The SMILES string of the molecule is CCCCCc1ccc(C(=O)[C@@H]2[C@H](C(=O)c3ccccc3F)N3c4ccccc4C=C[C@@H]3[C@]23C(=O)Nc2ccccc23)cc1. The Morgan fingerprint density at radius 3 is 2.39 bits per heavy atom. The van der Waals surface area contributed by atoms with Crippen LogP contribution in [-0.2, 0) is 16.6 Å². The Bertz CT molecular complexity index is 1810. The van der Waals surface area contributed by atoms with Gasteiger partial charge in [0.05, 0.1) is 17.5 Å². The van der Waals surface area contributed by atoms with Gasteiger partial charge in [-0.05, 0) is 53.8 Å². The van der Waals surface area contributed by atoms with Crippen LogP contribution < -0.4 is 10.2 Å². The van der Waals surface area contributed by atoms with Gasteiger partial charge in [-0.3, -0.25) is 14.4 Å². The molecule has 6 heteroatoms. The van der Waals surface area contributed by atoms with Crippen LogP contribution in [0.5, 0.6) is 0 Å². The van der Waals surface area contributed by atoms with E-state index in [0.29, 0.717) is 16.8 Å². The molecule has 4 atom stereocenters. The highest BCUT2D eigenvalue weighted by molar-refractivity contribution is 6.18. The monoisotopic (exact) mass is 584 g/mol. The maximum atomic E-state index is 15.3. The smallest absolute Gasteiger partial charge is 0.238 e. The van der Waals surface area contributed by atoms with E-state index >= 15 is 4.39 Å². The summed E-state index contributed by atoms with van der Waals surface area (Å²) in [4.78, 5) is 45.9. The molecule has 1 spiro atoms. The number of amides is 1. The van der Waals surface area contributed by atoms with Crippen molar-refractivity contribution in [3.05, 3.63) is 137 Å². The van der Waals surface area contributed by atoms with Crippen molar-refractivity contribution in [3.63, 3.8) is 0 Å². The Labute approximate surface area is 256 Å². The Morgan fingerprint density at radius 2 is 1.59 bits per heavy atom. The van der Waals surface area contributed by atoms with Gasteiger partial charge in [-0.1, -0.05) is 105 Å². The fourth-order valence-corrected chi connectivity index (χ4v) is 7.53. The van der Waals surface area contributed by atoms with Gasteiger partial charge in [0.25, 0.3) is 0 Å². The second-order valence-corrected chi connectivity index (χ2v) is 11.9. The molecule has 4 aromatic rings. The van der Waals surface area contributed by atoms with Crippen molar-refractivity contribution >= 4 is 34.9 Å².